The molecular weight excluding hydrogens is 380 g/mol. The number of ether oxygens (including phenoxy) is 1. The van der Waals surface area contributed by atoms with Crippen molar-refractivity contribution < 1.29 is 14.1 Å². The summed E-state index contributed by atoms with van der Waals surface area (Å²) in [5.41, 5.74) is 3.73. The number of benzene rings is 1. The van der Waals surface area contributed by atoms with Gasteiger partial charge in [-0.1, -0.05) is 17.3 Å². The number of rotatable bonds is 6. The molecule has 0 aliphatic carbocycles. The first-order valence-corrected chi connectivity index (χ1v) is 10.2. The van der Waals surface area contributed by atoms with Gasteiger partial charge in [0.1, 0.15) is 18.1 Å². The van der Waals surface area contributed by atoms with E-state index in [2.05, 4.69) is 15.0 Å². The summed E-state index contributed by atoms with van der Waals surface area (Å²) in [5, 5.41) is 4.03. The number of carbonyl (C=O) groups excluding carboxylic acids is 1. The van der Waals surface area contributed by atoms with Gasteiger partial charge in [-0.2, -0.15) is 0 Å². The molecule has 30 heavy (non-hydrogen) atoms. The summed E-state index contributed by atoms with van der Waals surface area (Å²) < 4.78 is 11.1. The highest BCUT2D eigenvalue weighted by molar-refractivity contribution is 5.94. The van der Waals surface area contributed by atoms with E-state index < -0.39 is 0 Å². The van der Waals surface area contributed by atoms with Crippen molar-refractivity contribution in [1.29, 1.82) is 0 Å². The van der Waals surface area contributed by atoms with E-state index in [4.69, 9.17) is 9.26 Å². The van der Waals surface area contributed by atoms with E-state index >= 15 is 0 Å². The molecule has 1 saturated heterocycles. The number of aromatic nitrogens is 2. The summed E-state index contributed by atoms with van der Waals surface area (Å²) in [5.74, 6) is 1.59. The molecular formula is C23H26N4O3. The van der Waals surface area contributed by atoms with Crippen LogP contribution in [0.25, 0.3) is 0 Å². The number of pyridine rings is 1. The number of hydrogen-bond donors (Lipinski definition) is 0. The minimum absolute atomic E-state index is 0.0406. The van der Waals surface area contributed by atoms with E-state index in [1.165, 1.54) is 0 Å². The normalized spacial score (nSPS) is 14.7. The molecule has 0 unspecified atom stereocenters. The number of carbonyl (C=O) groups is 1. The lowest BCUT2D eigenvalue weighted by molar-refractivity contribution is 0.0627. The Labute approximate surface area is 176 Å². The van der Waals surface area contributed by atoms with E-state index in [9.17, 15) is 4.79 Å². The molecule has 0 atom stereocenters. The molecule has 0 bridgehead atoms. The van der Waals surface area contributed by atoms with Crippen molar-refractivity contribution in [3.8, 4) is 5.75 Å². The molecule has 0 saturated carbocycles. The van der Waals surface area contributed by atoms with E-state index in [-0.39, 0.29) is 5.91 Å². The molecule has 4 rings (SSSR count). The molecule has 3 heterocycles. The molecule has 1 aliphatic heterocycles. The van der Waals surface area contributed by atoms with Gasteiger partial charge in [0, 0.05) is 61.8 Å². The van der Waals surface area contributed by atoms with Crippen LogP contribution in [0.5, 0.6) is 5.75 Å². The minimum Gasteiger partial charge on any atom is -0.489 e. The maximum atomic E-state index is 13.0. The highest BCUT2D eigenvalue weighted by Crippen LogP contribution is 2.19. The average Bonchev–Trinajstić information content (AvgIpc) is 3.11. The minimum atomic E-state index is 0.0406. The highest BCUT2D eigenvalue weighted by atomic mass is 16.5. The van der Waals surface area contributed by atoms with Crippen LogP contribution in [-0.4, -0.2) is 52.0 Å². The van der Waals surface area contributed by atoms with Crippen molar-refractivity contribution in [3.63, 3.8) is 0 Å². The number of aryl methyl sites for hydroxylation is 2. The summed E-state index contributed by atoms with van der Waals surface area (Å²) in [6.45, 7) is 8.19. The van der Waals surface area contributed by atoms with Crippen molar-refractivity contribution in [2.75, 3.05) is 26.2 Å². The summed E-state index contributed by atoms with van der Waals surface area (Å²) in [6, 6.07) is 11.2. The third-order valence-corrected chi connectivity index (χ3v) is 5.43. The monoisotopic (exact) mass is 406 g/mol. The zero-order chi connectivity index (χ0) is 20.9. The fourth-order valence-corrected chi connectivity index (χ4v) is 3.61. The average molecular weight is 406 g/mol. The summed E-state index contributed by atoms with van der Waals surface area (Å²) in [7, 11) is 0. The zero-order valence-electron chi connectivity index (χ0n) is 17.4. The third kappa shape index (κ3) is 4.68. The molecule has 7 heteroatoms. The Kier molecular flexibility index (Phi) is 6.09. The number of hydrogen-bond acceptors (Lipinski definition) is 6. The van der Waals surface area contributed by atoms with Crippen LogP contribution in [0.3, 0.4) is 0 Å². The fraction of sp³-hybridized carbons (Fsp3) is 0.348. The molecule has 1 aromatic carbocycles. The molecule has 2 aromatic heterocycles. The second-order valence-electron chi connectivity index (χ2n) is 7.55. The van der Waals surface area contributed by atoms with Crippen LogP contribution in [0.4, 0.5) is 0 Å². The Morgan fingerprint density at radius 1 is 1.13 bits per heavy atom. The molecule has 0 N–H and O–H groups in total. The van der Waals surface area contributed by atoms with Gasteiger partial charge in [0.25, 0.3) is 5.91 Å². The topological polar surface area (TPSA) is 71.7 Å². The summed E-state index contributed by atoms with van der Waals surface area (Å²) in [6.07, 6.45) is 3.51. The van der Waals surface area contributed by atoms with Crippen molar-refractivity contribution in [2.24, 2.45) is 0 Å². The van der Waals surface area contributed by atoms with E-state index in [0.29, 0.717) is 31.0 Å². The number of amides is 1. The summed E-state index contributed by atoms with van der Waals surface area (Å²) in [4.78, 5) is 21.3. The van der Waals surface area contributed by atoms with Crippen LogP contribution < -0.4 is 4.74 Å². The van der Waals surface area contributed by atoms with Crippen molar-refractivity contribution in [1.82, 2.24) is 19.9 Å². The van der Waals surface area contributed by atoms with Gasteiger partial charge in [0.15, 0.2) is 0 Å². The van der Waals surface area contributed by atoms with Gasteiger partial charge in [0.05, 0.1) is 5.69 Å². The molecule has 1 fully saturated rings. The Balaban J connectivity index is 1.33. The molecule has 7 nitrogen and oxygen atoms in total. The molecule has 1 aliphatic rings. The van der Waals surface area contributed by atoms with E-state index in [1.54, 1.807) is 12.4 Å². The molecule has 0 spiro atoms. The Hall–Kier alpha value is -3.19. The van der Waals surface area contributed by atoms with Crippen LogP contribution in [0.15, 0.2) is 53.3 Å². The maximum Gasteiger partial charge on any atom is 0.254 e. The largest absolute Gasteiger partial charge is 0.489 e. The van der Waals surface area contributed by atoms with E-state index in [0.717, 1.165) is 42.2 Å². The quantitative estimate of drug-likeness (QED) is 0.626. The predicted octanol–water partition coefficient (Wildman–Crippen LogP) is 3.22. The van der Waals surface area contributed by atoms with Gasteiger partial charge in [-0.05, 0) is 38.1 Å². The predicted molar refractivity (Wildman–Crippen MR) is 112 cm³/mol. The lowest BCUT2D eigenvalue weighted by atomic mass is 10.1. The van der Waals surface area contributed by atoms with Crippen molar-refractivity contribution in [2.45, 2.75) is 27.0 Å². The Bertz CT molecular complexity index is 975. The lowest BCUT2D eigenvalue weighted by Crippen LogP contribution is -2.48. The smallest absolute Gasteiger partial charge is 0.254 e. The maximum absolute atomic E-state index is 13.0. The zero-order valence-corrected chi connectivity index (χ0v) is 17.4. The van der Waals surface area contributed by atoms with Gasteiger partial charge in [-0.25, -0.2) is 0 Å². The Morgan fingerprint density at radius 2 is 1.97 bits per heavy atom. The number of piperazine rings is 1. The van der Waals surface area contributed by atoms with Gasteiger partial charge >= 0.3 is 0 Å². The third-order valence-electron chi connectivity index (χ3n) is 5.43. The molecule has 1 amide bonds. The van der Waals surface area contributed by atoms with Gasteiger partial charge in [-0.15, -0.1) is 0 Å². The van der Waals surface area contributed by atoms with Crippen LogP contribution >= 0.6 is 0 Å². The molecule has 156 valence electrons. The lowest BCUT2D eigenvalue weighted by Gasteiger charge is -2.34. The first-order chi connectivity index (χ1) is 14.6. The summed E-state index contributed by atoms with van der Waals surface area (Å²) >= 11 is 0. The molecule has 3 aromatic rings. The second-order valence-corrected chi connectivity index (χ2v) is 7.55. The first-order valence-electron chi connectivity index (χ1n) is 10.2. The van der Waals surface area contributed by atoms with Gasteiger partial charge in [-0.3, -0.25) is 14.7 Å². The number of nitrogens with zero attached hydrogens (tertiary/aromatic N) is 4. The van der Waals surface area contributed by atoms with Crippen molar-refractivity contribution >= 4 is 5.91 Å². The Morgan fingerprint density at radius 3 is 2.67 bits per heavy atom. The van der Waals surface area contributed by atoms with Crippen LogP contribution in [0.1, 0.15) is 32.9 Å². The first kappa shape index (κ1) is 20.1. The van der Waals surface area contributed by atoms with E-state index in [1.807, 2.05) is 55.1 Å². The van der Waals surface area contributed by atoms with Gasteiger partial charge < -0.3 is 14.2 Å². The van der Waals surface area contributed by atoms with Crippen LogP contribution in [0, 0.1) is 13.8 Å². The van der Waals surface area contributed by atoms with Gasteiger partial charge in [0.2, 0.25) is 0 Å². The standard InChI is InChI=1S/C23H26N4O3/c1-17-22(18(2)30-25-17)15-26-9-11-27(12-10-26)23(28)20-6-3-7-21(13-20)29-16-19-5-4-8-24-14-19/h3-8,13-14H,9-12,15-16H2,1-2H3. The highest BCUT2D eigenvalue weighted by Gasteiger charge is 2.24. The van der Waals surface area contributed by atoms with Crippen LogP contribution in [-0.2, 0) is 13.2 Å². The molecule has 0 radical (unpaired) electrons. The SMILES string of the molecule is Cc1noc(C)c1CN1CCN(C(=O)c2cccc(OCc3cccnc3)c2)CC1. The van der Waals surface area contributed by atoms with Crippen molar-refractivity contribution in [3.05, 3.63) is 76.9 Å². The second kappa shape index (κ2) is 9.09. The fourth-order valence-electron chi connectivity index (χ4n) is 3.61. The van der Waals surface area contributed by atoms with Crippen LogP contribution in [0.2, 0.25) is 0 Å².